The van der Waals surface area contributed by atoms with Crippen LogP contribution in [-0.2, 0) is 6.54 Å². The van der Waals surface area contributed by atoms with Gasteiger partial charge in [-0.3, -0.25) is 4.98 Å². The molecular formula is C11H13N3O. The summed E-state index contributed by atoms with van der Waals surface area (Å²) in [6.07, 6.45) is 7.20. The number of nitrogens with zero attached hydrogens (tertiary/aromatic N) is 3. The Bertz CT molecular complexity index is 394. The first-order valence-electron chi connectivity index (χ1n) is 4.92. The summed E-state index contributed by atoms with van der Waals surface area (Å²) in [5.74, 6) is 0.812. The van der Waals surface area contributed by atoms with Crippen molar-refractivity contribution in [3.8, 4) is 5.75 Å². The first-order chi connectivity index (χ1) is 7.38. The first-order valence-corrected chi connectivity index (χ1v) is 4.92. The molecule has 0 radical (unpaired) electrons. The van der Waals surface area contributed by atoms with E-state index in [-0.39, 0.29) is 0 Å². The van der Waals surface area contributed by atoms with Gasteiger partial charge in [-0.25, -0.2) is 4.98 Å². The number of imidazole rings is 1. The molecule has 0 bridgehead atoms. The summed E-state index contributed by atoms with van der Waals surface area (Å²) in [7, 11) is 0. The van der Waals surface area contributed by atoms with E-state index < -0.39 is 0 Å². The van der Waals surface area contributed by atoms with E-state index in [1.165, 1.54) is 0 Å². The molecule has 0 unspecified atom stereocenters. The SMILES string of the molecule is CCOc1ccc(Cn2ccnc2)nc1. The van der Waals surface area contributed by atoms with Gasteiger partial charge in [0.2, 0.25) is 0 Å². The van der Waals surface area contributed by atoms with Gasteiger partial charge in [0.1, 0.15) is 5.75 Å². The highest BCUT2D eigenvalue weighted by Crippen LogP contribution is 2.09. The summed E-state index contributed by atoms with van der Waals surface area (Å²) in [6, 6.07) is 3.90. The Labute approximate surface area is 88.6 Å². The molecule has 0 aliphatic carbocycles. The van der Waals surface area contributed by atoms with E-state index in [1.54, 1.807) is 18.7 Å². The number of rotatable bonds is 4. The monoisotopic (exact) mass is 203 g/mol. The second-order valence-corrected chi connectivity index (χ2v) is 3.15. The van der Waals surface area contributed by atoms with Gasteiger partial charge in [0.05, 0.1) is 31.4 Å². The van der Waals surface area contributed by atoms with Crippen LogP contribution in [0.2, 0.25) is 0 Å². The van der Waals surface area contributed by atoms with Crippen molar-refractivity contribution in [3.63, 3.8) is 0 Å². The van der Waals surface area contributed by atoms with E-state index in [0.29, 0.717) is 6.61 Å². The highest BCUT2D eigenvalue weighted by Gasteiger charge is 1.97. The van der Waals surface area contributed by atoms with Gasteiger partial charge < -0.3 is 9.30 Å². The Kier molecular flexibility index (Phi) is 2.97. The van der Waals surface area contributed by atoms with E-state index in [2.05, 4.69) is 9.97 Å². The maximum absolute atomic E-state index is 5.31. The Hall–Kier alpha value is -1.84. The number of hydrogen-bond donors (Lipinski definition) is 0. The van der Waals surface area contributed by atoms with E-state index in [0.717, 1.165) is 18.0 Å². The van der Waals surface area contributed by atoms with Gasteiger partial charge >= 0.3 is 0 Å². The van der Waals surface area contributed by atoms with Gasteiger partial charge in [-0.05, 0) is 19.1 Å². The highest BCUT2D eigenvalue weighted by atomic mass is 16.5. The summed E-state index contributed by atoms with van der Waals surface area (Å²) in [5, 5.41) is 0. The van der Waals surface area contributed by atoms with Crippen LogP contribution < -0.4 is 4.74 Å². The molecule has 0 aliphatic heterocycles. The molecule has 2 aromatic rings. The van der Waals surface area contributed by atoms with Crippen molar-refractivity contribution < 1.29 is 4.74 Å². The van der Waals surface area contributed by atoms with Crippen LogP contribution in [0.3, 0.4) is 0 Å². The molecule has 0 atom stereocenters. The maximum Gasteiger partial charge on any atom is 0.137 e. The molecule has 2 heterocycles. The Morgan fingerprint density at radius 3 is 2.93 bits per heavy atom. The summed E-state index contributed by atoms with van der Waals surface area (Å²) >= 11 is 0. The fourth-order valence-corrected chi connectivity index (χ4v) is 1.32. The molecule has 2 rings (SSSR count). The summed E-state index contributed by atoms with van der Waals surface area (Å²) < 4.78 is 7.29. The quantitative estimate of drug-likeness (QED) is 0.759. The average Bonchev–Trinajstić information content (AvgIpc) is 2.74. The summed E-state index contributed by atoms with van der Waals surface area (Å²) in [4.78, 5) is 8.27. The minimum atomic E-state index is 0.669. The molecule has 0 aromatic carbocycles. The van der Waals surface area contributed by atoms with Gasteiger partial charge in [-0.1, -0.05) is 0 Å². The molecule has 0 amide bonds. The third-order valence-electron chi connectivity index (χ3n) is 2.01. The third kappa shape index (κ3) is 2.56. The average molecular weight is 203 g/mol. The van der Waals surface area contributed by atoms with Gasteiger partial charge in [0.15, 0.2) is 0 Å². The Morgan fingerprint density at radius 2 is 2.33 bits per heavy atom. The van der Waals surface area contributed by atoms with Gasteiger partial charge in [0.25, 0.3) is 0 Å². The van der Waals surface area contributed by atoms with Crippen LogP contribution in [0.5, 0.6) is 5.75 Å². The second-order valence-electron chi connectivity index (χ2n) is 3.15. The number of ether oxygens (including phenoxy) is 1. The van der Waals surface area contributed by atoms with Crippen LogP contribution in [0.15, 0.2) is 37.1 Å². The van der Waals surface area contributed by atoms with E-state index >= 15 is 0 Å². The lowest BCUT2D eigenvalue weighted by atomic mass is 10.3. The number of pyridine rings is 1. The van der Waals surface area contributed by atoms with Gasteiger partial charge in [0, 0.05) is 12.4 Å². The standard InChI is InChI=1S/C11H13N3O/c1-2-15-11-4-3-10(13-7-11)8-14-6-5-12-9-14/h3-7,9H,2,8H2,1H3. The van der Waals surface area contributed by atoms with Crippen molar-refractivity contribution in [3.05, 3.63) is 42.7 Å². The normalized spacial score (nSPS) is 10.2. The molecular weight excluding hydrogens is 190 g/mol. The molecule has 0 saturated carbocycles. The smallest absolute Gasteiger partial charge is 0.137 e. The lowest BCUT2D eigenvalue weighted by molar-refractivity contribution is 0.338. The largest absolute Gasteiger partial charge is 0.492 e. The van der Waals surface area contributed by atoms with Crippen molar-refractivity contribution in [1.29, 1.82) is 0 Å². The van der Waals surface area contributed by atoms with Gasteiger partial charge in [-0.15, -0.1) is 0 Å². The minimum absolute atomic E-state index is 0.669. The van der Waals surface area contributed by atoms with Crippen LogP contribution in [0.1, 0.15) is 12.6 Å². The first kappa shape index (κ1) is 9.71. The molecule has 15 heavy (non-hydrogen) atoms. The van der Waals surface area contributed by atoms with E-state index in [4.69, 9.17) is 4.74 Å². The van der Waals surface area contributed by atoms with Crippen molar-refractivity contribution in [2.24, 2.45) is 0 Å². The predicted octanol–water partition coefficient (Wildman–Crippen LogP) is 1.73. The highest BCUT2D eigenvalue weighted by molar-refractivity contribution is 5.19. The summed E-state index contributed by atoms with van der Waals surface area (Å²) in [6.45, 7) is 3.37. The Balaban J connectivity index is 2.04. The molecule has 4 heteroatoms. The zero-order valence-electron chi connectivity index (χ0n) is 8.63. The fourth-order valence-electron chi connectivity index (χ4n) is 1.32. The van der Waals surface area contributed by atoms with E-state index in [9.17, 15) is 0 Å². The molecule has 0 saturated heterocycles. The maximum atomic E-state index is 5.31. The van der Waals surface area contributed by atoms with Crippen LogP contribution in [0, 0.1) is 0 Å². The molecule has 0 N–H and O–H groups in total. The van der Waals surface area contributed by atoms with E-state index in [1.807, 2.05) is 29.8 Å². The van der Waals surface area contributed by atoms with Crippen LogP contribution in [0.25, 0.3) is 0 Å². The second kappa shape index (κ2) is 4.59. The van der Waals surface area contributed by atoms with Crippen molar-refractivity contribution >= 4 is 0 Å². The van der Waals surface area contributed by atoms with Crippen LogP contribution in [0.4, 0.5) is 0 Å². The lowest BCUT2D eigenvalue weighted by Gasteiger charge is -2.04. The minimum Gasteiger partial charge on any atom is -0.492 e. The zero-order valence-corrected chi connectivity index (χ0v) is 8.63. The molecule has 2 aromatic heterocycles. The van der Waals surface area contributed by atoms with Crippen molar-refractivity contribution in [1.82, 2.24) is 14.5 Å². The van der Waals surface area contributed by atoms with Gasteiger partial charge in [-0.2, -0.15) is 0 Å². The predicted molar refractivity (Wildman–Crippen MR) is 56.7 cm³/mol. The fraction of sp³-hybridized carbons (Fsp3) is 0.273. The zero-order chi connectivity index (χ0) is 10.5. The molecule has 4 nitrogen and oxygen atoms in total. The lowest BCUT2D eigenvalue weighted by Crippen LogP contribution is -1.99. The topological polar surface area (TPSA) is 39.9 Å². The molecule has 78 valence electrons. The van der Waals surface area contributed by atoms with Crippen LogP contribution in [-0.4, -0.2) is 21.1 Å². The summed E-state index contributed by atoms with van der Waals surface area (Å²) in [5.41, 5.74) is 0.997. The third-order valence-corrected chi connectivity index (χ3v) is 2.01. The number of aromatic nitrogens is 3. The van der Waals surface area contributed by atoms with Crippen molar-refractivity contribution in [2.75, 3.05) is 6.61 Å². The molecule has 0 fully saturated rings. The van der Waals surface area contributed by atoms with Crippen LogP contribution >= 0.6 is 0 Å². The number of hydrogen-bond acceptors (Lipinski definition) is 3. The molecule has 0 aliphatic rings. The molecule has 0 spiro atoms. The van der Waals surface area contributed by atoms with Crippen molar-refractivity contribution in [2.45, 2.75) is 13.5 Å². The Morgan fingerprint density at radius 1 is 1.40 bits per heavy atom.